The first-order valence-electron chi connectivity index (χ1n) is 38.3. The molecule has 0 bridgehead atoms. The van der Waals surface area contributed by atoms with Crippen molar-refractivity contribution in [3.8, 4) is 0 Å². The Labute approximate surface area is 664 Å². The van der Waals surface area contributed by atoms with Gasteiger partial charge >= 0.3 is 0 Å². The summed E-state index contributed by atoms with van der Waals surface area (Å²) in [7, 11) is -3.17. The molecule has 0 atom stereocenters. The van der Waals surface area contributed by atoms with Crippen LogP contribution in [0.5, 0.6) is 0 Å². The van der Waals surface area contributed by atoms with E-state index < -0.39 is 9.84 Å². The lowest BCUT2D eigenvalue weighted by molar-refractivity contribution is 0.554. The average molecular weight is 1520 g/mol. The number of sulfone groups is 1. The number of aryl methyl sites for hydroxylation is 1. The molecule has 12 nitrogen and oxygen atoms in total. The number of hydrogen-bond acceptors (Lipinski definition) is 11. The smallest absolute Gasteiger partial charge is 0.200 e. The van der Waals surface area contributed by atoms with Gasteiger partial charge in [0.05, 0.1) is 53.2 Å². The Morgan fingerprint density at radius 1 is 0.342 bits per heavy atom. The van der Waals surface area contributed by atoms with Gasteiger partial charge in [-0.1, -0.05) is 281 Å². The molecule has 1 aliphatic heterocycles. The molecule has 578 valence electrons. The molecule has 0 fully saturated rings. The van der Waals surface area contributed by atoms with Gasteiger partial charge in [-0.2, -0.15) is 15.4 Å². The summed E-state index contributed by atoms with van der Waals surface area (Å²) in [5.74, 6) is 1.05. The van der Waals surface area contributed by atoms with Gasteiger partial charge in [-0.05, 0) is 191 Å². The Balaban J connectivity index is 0.000000146. The lowest BCUT2D eigenvalue weighted by atomic mass is 9.84. The van der Waals surface area contributed by atoms with Crippen LogP contribution in [-0.2, 0) is 53.2 Å². The van der Waals surface area contributed by atoms with Crippen LogP contribution in [0, 0.1) is 6.92 Å². The van der Waals surface area contributed by atoms with Gasteiger partial charge in [0.2, 0.25) is 0 Å². The number of H-pyrrole nitrogens is 2. The number of nitrogens with one attached hydrogen (secondary N) is 2. The molecule has 1 aliphatic rings. The van der Waals surface area contributed by atoms with Crippen molar-refractivity contribution >= 4 is 103 Å². The first kappa shape index (κ1) is 84.9. The highest BCUT2D eigenvalue weighted by Crippen LogP contribution is 2.35. The molecule has 7 heterocycles. The number of aromatic nitrogens is 10. The molecule has 6 aromatic heterocycles. The maximum absolute atomic E-state index is 11.6. The summed E-state index contributed by atoms with van der Waals surface area (Å²) in [5.41, 5.74) is 20.3. The van der Waals surface area contributed by atoms with Crippen molar-refractivity contribution in [2.24, 2.45) is 0 Å². The van der Waals surface area contributed by atoms with Crippen LogP contribution in [0.3, 0.4) is 0 Å². The summed E-state index contributed by atoms with van der Waals surface area (Å²) in [5, 5.41) is 18.2. The zero-order chi connectivity index (χ0) is 81.3. The van der Waals surface area contributed by atoms with E-state index >= 15 is 0 Å². The van der Waals surface area contributed by atoms with Gasteiger partial charge in [0.1, 0.15) is 16.9 Å². The topological polar surface area (TPSA) is 169 Å². The van der Waals surface area contributed by atoms with Gasteiger partial charge in [-0.15, -0.1) is 11.3 Å². The molecule has 15 aromatic rings. The number of benzene rings is 9. The van der Waals surface area contributed by atoms with Crippen LogP contribution in [0.2, 0.25) is 0 Å². The quantitative estimate of drug-likeness (QED) is 0.149. The maximum atomic E-state index is 11.6. The Morgan fingerprint density at radius 2 is 0.802 bits per heavy atom. The molecule has 2 N–H and O–H groups in total. The molecule has 0 saturated carbocycles. The summed E-state index contributed by atoms with van der Waals surface area (Å²) in [6.07, 6.45) is 8.91. The Morgan fingerprint density at radius 3 is 1.41 bits per heavy atom. The number of para-hydroxylation sites is 3. The number of thiazole rings is 1. The highest BCUT2D eigenvalue weighted by atomic mass is 32.2. The molecule has 0 aliphatic carbocycles. The number of nitrogens with zero attached hydrogens (tertiary/aromatic N) is 8. The molecule has 0 spiro atoms. The van der Waals surface area contributed by atoms with Gasteiger partial charge in [-0.25, -0.2) is 18.4 Å². The van der Waals surface area contributed by atoms with Gasteiger partial charge < -0.3 is 4.98 Å². The molecule has 0 unspecified atom stereocenters. The minimum atomic E-state index is -3.17. The number of imidazole rings is 1. The third-order valence-corrected chi connectivity index (χ3v) is 21.5. The average Bonchev–Trinajstić information content (AvgIpc) is 1.66. The monoisotopic (exact) mass is 1520 g/mol. The molecule has 14 heteroatoms. The highest BCUT2D eigenvalue weighted by Gasteiger charge is 2.25. The molecular formula is C97H116N10O2S2. The highest BCUT2D eigenvalue weighted by molar-refractivity contribution is 7.94. The van der Waals surface area contributed by atoms with Gasteiger partial charge in [-0.3, -0.25) is 19.9 Å². The summed E-state index contributed by atoms with van der Waals surface area (Å²) >= 11 is 1.76. The van der Waals surface area contributed by atoms with Crippen molar-refractivity contribution in [3.05, 3.63) is 286 Å². The zero-order valence-corrected chi connectivity index (χ0v) is 71.9. The summed E-state index contributed by atoms with van der Waals surface area (Å²) in [6.45, 7) is 54.7. The summed E-state index contributed by atoms with van der Waals surface area (Å²) < 4.78 is 24.6. The van der Waals surface area contributed by atoms with Crippen LogP contribution in [0.25, 0.3) is 82.0 Å². The zero-order valence-electron chi connectivity index (χ0n) is 70.2. The van der Waals surface area contributed by atoms with E-state index in [1.54, 1.807) is 35.9 Å². The fourth-order valence-electron chi connectivity index (χ4n) is 12.1. The van der Waals surface area contributed by atoms with E-state index in [9.17, 15) is 8.42 Å². The normalized spacial score (nSPS) is 12.8. The van der Waals surface area contributed by atoms with Gasteiger partial charge in [0.25, 0.3) is 0 Å². The van der Waals surface area contributed by atoms with Gasteiger partial charge in [0.15, 0.2) is 9.84 Å². The fraction of sp³-hybridized carbons (Fsp3) is 0.340. The van der Waals surface area contributed by atoms with Crippen molar-refractivity contribution in [1.29, 1.82) is 0 Å². The van der Waals surface area contributed by atoms with Crippen LogP contribution in [-0.4, -0.2) is 58.7 Å². The second-order valence-electron chi connectivity index (χ2n) is 36.8. The third kappa shape index (κ3) is 23.2. The SMILES string of the molecule is CC(C)(C)c1ccc2c(c1)S(=O)(=O)C=C2.CC(C)(C)c1ccc2n[nH]nc2c1.CC(C)(C)c1ccc2ncccc2c1.CC(C)(C)c1ccc2nccnc2c1.CC(C)(C)c1cccc2ccccc12.CC(C)(C)c1cnc2ccccc2c1.CC(C)(C)c1nc2ccccc2[nH]1.Cc1nc2cc(C(C)(C)C)ccc2s1. The van der Waals surface area contributed by atoms with E-state index in [0.717, 1.165) is 71.6 Å². The van der Waals surface area contributed by atoms with Crippen molar-refractivity contribution in [1.82, 2.24) is 50.3 Å². The number of aromatic amines is 2. The molecule has 0 radical (unpaired) electrons. The van der Waals surface area contributed by atoms with Crippen molar-refractivity contribution < 1.29 is 8.42 Å². The van der Waals surface area contributed by atoms with E-state index in [1.807, 2.05) is 73.1 Å². The minimum absolute atomic E-state index is 0.0207. The van der Waals surface area contributed by atoms with Crippen LogP contribution in [0.4, 0.5) is 0 Å². The van der Waals surface area contributed by atoms with Crippen LogP contribution >= 0.6 is 11.3 Å². The summed E-state index contributed by atoms with van der Waals surface area (Å²) in [4.78, 5) is 30.1. The van der Waals surface area contributed by atoms with E-state index in [2.05, 4.69) is 357 Å². The van der Waals surface area contributed by atoms with E-state index in [0.29, 0.717) is 4.90 Å². The maximum Gasteiger partial charge on any atom is 0.200 e. The van der Waals surface area contributed by atoms with Crippen LogP contribution < -0.4 is 0 Å². The molecule has 16 rings (SSSR count). The number of pyridine rings is 2. The Bertz CT molecular complexity index is 5530. The third-order valence-electron chi connectivity index (χ3n) is 19.1. The van der Waals surface area contributed by atoms with E-state index in [4.69, 9.17) is 0 Å². The number of rotatable bonds is 0. The first-order valence-corrected chi connectivity index (χ1v) is 40.7. The lowest BCUT2D eigenvalue weighted by Crippen LogP contribution is -2.12. The minimum Gasteiger partial charge on any atom is -0.342 e. The second-order valence-corrected chi connectivity index (χ2v) is 39.8. The standard InChI is InChI=1S/C14H16.2C13H15N.C12H14N2.C12H15NS.C12H14O2S.C11H14N2.C10H13N3/c1-14(2,3)13-10-6-8-11-7-4-5-9-12(11)13;1-13(2,3)11-6-7-12-10(9-11)5-4-8-14-12;1-13(2,3)11-8-10-6-4-5-7-12(10)14-9-11;1-12(2,3)9-4-5-10-11(8-9)14-7-6-13-10;1-8-13-10-7-9(12(2,3)4)5-6-11(10)14-8;1-12(2,3)10-5-4-9-6-7-15(13,14)11(9)8-10;1-11(2,3)10-12-8-6-4-5-7-9(8)13-10;1-10(2,3)7-4-5-8-9(6-7)12-13-11-8/h4-10H,1-3H3;2*4-9H,1-3H3;4-8H,1-3H3;5-7H,1-4H3;4-8H,1-3H3;4-7H,1-3H3,(H,12,13);4-6H,1-3H3,(H,11,12,13). The van der Waals surface area contributed by atoms with Gasteiger partial charge in [0, 0.05) is 46.4 Å². The predicted molar refractivity (Wildman–Crippen MR) is 474 cm³/mol. The first-order chi connectivity index (χ1) is 51.7. The number of fused-ring (bicyclic) bond motifs is 8. The van der Waals surface area contributed by atoms with Crippen molar-refractivity contribution in [3.63, 3.8) is 0 Å². The van der Waals surface area contributed by atoms with Crippen molar-refractivity contribution in [2.75, 3.05) is 0 Å². The molecule has 0 amide bonds. The largest absolute Gasteiger partial charge is 0.342 e. The van der Waals surface area contributed by atoms with E-state index in [1.165, 1.54) is 65.0 Å². The second kappa shape index (κ2) is 34.2. The Kier molecular flexibility index (Phi) is 26.2. The fourth-order valence-corrected chi connectivity index (χ4v) is 14.1. The molecule has 111 heavy (non-hydrogen) atoms. The van der Waals surface area contributed by atoms with Crippen molar-refractivity contribution in [2.45, 2.75) is 221 Å². The predicted octanol–water partition coefficient (Wildman–Crippen LogP) is 25.9. The van der Waals surface area contributed by atoms with Crippen LogP contribution in [0.1, 0.15) is 222 Å². The molecular weight excluding hydrogens is 1400 g/mol. The summed E-state index contributed by atoms with van der Waals surface area (Å²) in [6, 6.07) is 68.9. The van der Waals surface area contributed by atoms with E-state index in [-0.39, 0.29) is 43.3 Å². The lowest BCUT2D eigenvalue weighted by Gasteiger charge is -2.21. The molecule has 9 aromatic carbocycles. The van der Waals surface area contributed by atoms with Crippen LogP contribution in [0.15, 0.2) is 235 Å². The number of hydrogen-bond donors (Lipinski definition) is 2. The molecule has 0 saturated heterocycles. The Hall–Kier alpha value is -10.2.